The van der Waals surface area contributed by atoms with E-state index in [4.69, 9.17) is 5.73 Å². The van der Waals surface area contributed by atoms with Crippen molar-refractivity contribution in [3.63, 3.8) is 0 Å². The Kier molecular flexibility index (Phi) is 4.71. The van der Waals surface area contributed by atoms with Crippen molar-refractivity contribution in [1.29, 1.82) is 0 Å². The molecule has 0 fully saturated rings. The summed E-state index contributed by atoms with van der Waals surface area (Å²) >= 11 is 1.25. The quantitative estimate of drug-likeness (QED) is 0.578. The van der Waals surface area contributed by atoms with E-state index in [1.54, 1.807) is 5.38 Å². The van der Waals surface area contributed by atoms with Gasteiger partial charge in [0, 0.05) is 17.0 Å². The number of aromatic nitrogens is 1. The number of nitrogens with zero attached hydrogens (tertiary/aromatic N) is 2. The number of nitrogens with two attached hydrogens (primary N) is 1. The van der Waals surface area contributed by atoms with Crippen LogP contribution in [0, 0.1) is 0 Å². The fourth-order valence-electron chi connectivity index (χ4n) is 1.38. The molecule has 22 heavy (non-hydrogen) atoms. The number of hydrogen-bond acceptors (Lipinski definition) is 7. The van der Waals surface area contributed by atoms with Gasteiger partial charge in [-0.3, -0.25) is 5.43 Å². The first-order valence-electron chi connectivity index (χ1n) is 5.86. The van der Waals surface area contributed by atoms with Crippen LogP contribution in [0.5, 0.6) is 11.5 Å². The second-order valence-electron chi connectivity index (χ2n) is 4.07. The van der Waals surface area contributed by atoms with Gasteiger partial charge >= 0.3 is 6.18 Å². The number of alkyl halides is 3. The predicted molar refractivity (Wildman–Crippen MR) is 77.4 cm³/mol. The molecule has 0 radical (unpaired) electrons. The number of aromatic hydroxyl groups is 1. The van der Waals surface area contributed by atoms with Gasteiger partial charge in [-0.25, -0.2) is 4.98 Å². The number of hydrogen-bond donors (Lipinski definition) is 3. The van der Waals surface area contributed by atoms with Crippen LogP contribution in [0.4, 0.5) is 24.1 Å². The Hall–Kier alpha value is -2.49. The smallest absolute Gasteiger partial charge is 0.422 e. The largest absolute Gasteiger partial charge is 0.507 e. The SMILES string of the molecule is Nc1csc(NN=Cc2ccc(OCC(F)(F)F)cc2O)n1. The predicted octanol–water partition coefficient (Wildman–Crippen LogP) is 2.82. The van der Waals surface area contributed by atoms with Crippen LogP contribution < -0.4 is 15.9 Å². The summed E-state index contributed by atoms with van der Waals surface area (Å²) < 4.78 is 40.6. The Morgan fingerprint density at radius 2 is 2.23 bits per heavy atom. The third-order valence-corrected chi connectivity index (χ3v) is 3.06. The fraction of sp³-hybridized carbons (Fsp3) is 0.167. The van der Waals surface area contributed by atoms with E-state index < -0.39 is 12.8 Å². The molecule has 1 aromatic heterocycles. The zero-order valence-electron chi connectivity index (χ0n) is 11.0. The molecule has 2 rings (SSSR count). The van der Waals surface area contributed by atoms with Crippen LogP contribution in [0.1, 0.15) is 5.56 Å². The summed E-state index contributed by atoms with van der Waals surface area (Å²) in [5, 5.41) is 15.6. The molecule has 4 N–H and O–H groups in total. The van der Waals surface area contributed by atoms with E-state index in [1.165, 1.54) is 29.7 Å². The van der Waals surface area contributed by atoms with Gasteiger partial charge in [-0.1, -0.05) is 0 Å². The van der Waals surface area contributed by atoms with Gasteiger partial charge in [0.1, 0.15) is 17.3 Å². The highest BCUT2D eigenvalue weighted by atomic mass is 32.1. The number of rotatable bonds is 5. The molecule has 0 amide bonds. The van der Waals surface area contributed by atoms with Crippen LogP contribution in [0.25, 0.3) is 0 Å². The third kappa shape index (κ3) is 4.81. The first-order chi connectivity index (χ1) is 10.3. The molecule has 0 aliphatic carbocycles. The maximum Gasteiger partial charge on any atom is 0.422 e. The summed E-state index contributed by atoms with van der Waals surface area (Å²) in [6.07, 6.45) is -3.14. The third-order valence-electron chi connectivity index (χ3n) is 2.29. The zero-order chi connectivity index (χ0) is 16.2. The number of nitrogen functional groups attached to an aromatic ring is 1. The van der Waals surface area contributed by atoms with Crippen molar-refractivity contribution in [2.45, 2.75) is 6.18 Å². The molecule has 1 heterocycles. The number of phenolic OH excluding ortho intramolecular Hbond substituents is 1. The Bertz CT molecular complexity index is 673. The minimum Gasteiger partial charge on any atom is -0.507 e. The van der Waals surface area contributed by atoms with Gasteiger partial charge in [0.25, 0.3) is 0 Å². The Morgan fingerprint density at radius 1 is 1.45 bits per heavy atom. The van der Waals surface area contributed by atoms with Gasteiger partial charge in [-0.15, -0.1) is 11.3 Å². The lowest BCUT2D eigenvalue weighted by Gasteiger charge is -2.09. The average Bonchev–Trinajstić information content (AvgIpc) is 2.83. The first kappa shape index (κ1) is 15.9. The highest BCUT2D eigenvalue weighted by Gasteiger charge is 2.28. The Morgan fingerprint density at radius 3 is 2.82 bits per heavy atom. The van der Waals surface area contributed by atoms with Crippen molar-refractivity contribution in [2.75, 3.05) is 17.8 Å². The molecule has 6 nitrogen and oxygen atoms in total. The number of hydrazone groups is 1. The maximum absolute atomic E-state index is 12.0. The Balaban J connectivity index is 1.97. The number of phenols is 1. The molecular formula is C12H11F3N4O2S. The van der Waals surface area contributed by atoms with Gasteiger partial charge in [-0.05, 0) is 12.1 Å². The first-order valence-corrected chi connectivity index (χ1v) is 6.74. The minimum absolute atomic E-state index is 0.0902. The highest BCUT2D eigenvalue weighted by Crippen LogP contribution is 2.24. The molecule has 0 saturated heterocycles. The number of halogens is 3. The van der Waals surface area contributed by atoms with Gasteiger partial charge < -0.3 is 15.6 Å². The summed E-state index contributed by atoms with van der Waals surface area (Å²) in [6, 6.07) is 3.76. The molecule has 1 aromatic carbocycles. The van der Waals surface area contributed by atoms with Crippen molar-refractivity contribution in [2.24, 2.45) is 5.10 Å². The number of anilines is 2. The second-order valence-corrected chi connectivity index (χ2v) is 4.93. The summed E-state index contributed by atoms with van der Waals surface area (Å²) in [5.74, 6) is 0.00761. The highest BCUT2D eigenvalue weighted by molar-refractivity contribution is 7.14. The van der Waals surface area contributed by atoms with E-state index in [2.05, 4.69) is 20.2 Å². The van der Waals surface area contributed by atoms with Crippen LogP contribution in [0.15, 0.2) is 28.7 Å². The average molecular weight is 332 g/mol. The van der Waals surface area contributed by atoms with E-state index in [1.807, 2.05) is 0 Å². The molecular weight excluding hydrogens is 321 g/mol. The van der Waals surface area contributed by atoms with Gasteiger partial charge in [-0.2, -0.15) is 18.3 Å². The molecule has 118 valence electrons. The van der Waals surface area contributed by atoms with Crippen molar-refractivity contribution in [3.8, 4) is 11.5 Å². The minimum atomic E-state index is -4.44. The number of ether oxygens (including phenoxy) is 1. The lowest BCUT2D eigenvalue weighted by atomic mass is 10.2. The van der Waals surface area contributed by atoms with Crippen molar-refractivity contribution in [3.05, 3.63) is 29.1 Å². The maximum atomic E-state index is 12.0. The van der Waals surface area contributed by atoms with E-state index in [0.29, 0.717) is 16.5 Å². The van der Waals surface area contributed by atoms with E-state index in [0.717, 1.165) is 6.07 Å². The van der Waals surface area contributed by atoms with Crippen LogP contribution >= 0.6 is 11.3 Å². The lowest BCUT2D eigenvalue weighted by molar-refractivity contribution is -0.153. The molecule has 0 bridgehead atoms. The van der Waals surface area contributed by atoms with Crippen LogP contribution in [-0.2, 0) is 0 Å². The summed E-state index contributed by atoms with van der Waals surface area (Å²) in [5.41, 5.74) is 8.34. The normalized spacial score (nSPS) is 11.8. The molecule has 0 saturated carbocycles. The second kappa shape index (κ2) is 6.52. The number of thiazole rings is 1. The van der Waals surface area contributed by atoms with Crippen molar-refractivity contribution in [1.82, 2.24) is 4.98 Å². The molecule has 2 aromatic rings. The van der Waals surface area contributed by atoms with E-state index in [9.17, 15) is 18.3 Å². The van der Waals surface area contributed by atoms with Crippen LogP contribution in [-0.4, -0.2) is 29.1 Å². The van der Waals surface area contributed by atoms with Gasteiger partial charge in [0.15, 0.2) is 6.61 Å². The molecule has 10 heteroatoms. The number of nitrogens with one attached hydrogen (secondary N) is 1. The van der Waals surface area contributed by atoms with Crippen molar-refractivity contribution < 1.29 is 23.0 Å². The number of benzene rings is 1. The molecule has 0 spiro atoms. The lowest BCUT2D eigenvalue weighted by Crippen LogP contribution is -2.19. The standard InChI is InChI=1S/C12H11F3N4O2S/c13-12(14,15)6-21-8-2-1-7(9(20)3-8)4-17-19-11-18-10(16)5-22-11/h1-5,20H,6,16H2,(H,18,19). The summed E-state index contributed by atoms with van der Waals surface area (Å²) in [6.45, 7) is -1.42. The van der Waals surface area contributed by atoms with Gasteiger partial charge in [0.05, 0.1) is 6.21 Å². The topological polar surface area (TPSA) is 92.8 Å². The molecule has 0 unspecified atom stereocenters. The summed E-state index contributed by atoms with van der Waals surface area (Å²) in [4.78, 5) is 3.91. The van der Waals surface area contributed by atoms with Crippen molar-refractivity contribution >= 4 is 28.5 Å². The monoisotopic (exact) mass is 332 g/mol. The van der Waals surface area contributed by atoms with Crippen LogP contribution in [0.3, 0.4) is 0 Å². The molecule has 0 aliphatic heterocycles. The van der Waals surface area contributed by atoms with E-state index in [-0.39, 0.29) is 11.5 Å². The zero-order valence-corrected chi connectivity index (χ0v) is 11.8. The molecule has 0 atom stereocenters. The van der Waals surface area contributed by atoms with Gasteiger partial charge in [0.2, 0.25) is 5.13 Å². The van der Waals surface area contributed by atoms with Crippen LogP contribution in [0.2, 0.25) is 0 Å². The Labute approximate surface area is 127 Å². The molecule has 0 aliphatic rings. The summed E-state index contributed by atoms with van der Waals surface area (Å²) in [7, 11) is 0. The fourth-order valence-corrected chi connectivity index (χ4v) is 1.93. The van der Waals surface area contributed by atoms with E-state index >= 15 is 0 Å².